The maximum atomic E-state index is 7.03. The topological polar surface area (TPSA) is 36.7 Å². The van der Waals surface area contributed by atoms with Crippen LogP contribution in [0.25, 0.3) is 0 Å². The summed E-state index contributed by atoms with van der Waals surface area (Å²) >= 11 is 3.24. The van der Waals surface area contributed by atoms with Crippen LogP contribution in [0.2, 0.25) is 0 Å². The minimum Gasteiger partial charge on any atom is -0.308 e. The summed E-state index contributed by atoms with van der Waals surface area (Å²) in [5.41, 5.74) is 1.92. The van der Waals surface area contributed by atoms with Crippen LogP contribution in [0.3, 0.4) is 0 Å². The first-order valence-corrected chi connectivity index (χ1v) is 3.66. The summed E-state index contributed by atoms with van der Waals surface area (Å²) in [5, 5.41) is 7.03. The van der Waals surface area contributed by atoms with Gasteiger partial charge in [-0.1, -0.05) is 0 Å². The SMILES string of the molecule is Cc1ccnc(Br)c1C=N. The number of hydrogen-bond donors (Lipinski definition) is 1. The van der Waals surface area contributed by atoms with Gasteiger partial charge in [-0.3, -0.25) is 0 Å². The first-order chi connectivity index (χ1) is 4.75. The van der Waals surface area contributed by atoms with Gasteiger partial charge >= 0.3 is 0 Å². The zero-order chi connectivity index (χ0) is 7.56. The normalized spacial score (nSPS) is 9.40. The summed E-state index contributed by atoms with van der Waals surface area (Å²) in [6.07, 6.45) is 3.01. The van der Waals surface area contributed by atoms with Crippen molar-refractivity contribution in [2.45, 2.75) is 6.92 Å². The molecule has 2 nitrogen and oxygen atoms in total. The fourth-order valence-corrected chi connectivity index (χ4v) is 1.26. The lowest BCUT2D eigenvalue weighted by molar-refractivity contribution is 1.23. The minimum absolute atomic E-state index is 0.738. The van der Waals surface area contributed by atoms with Crippen molar-refractivity contribution in [1.82, 2.24) is 4.98 Å². The fourth-order valence-electron chi connectivity index (χ4n) is 0.710. The lowest BCUT2D eigenvalue weighted by atomic mass is 10.2. The molecule has 1 heterocycles. The summed E-state index contributed by atoms with van der Waals surface area (Å²) in [4.78, 5) is 3.98. The van der Waals surface area contributed by atoms with Crippen molar-refractivity contribution in [3.05, 3.63) is 28.0 Å². The van der Waals surface area contributed by atoms with E-state index in [1.807, 2.05) is 13.0 Å². The molecule has 0 radical (unpaired) electrons. The molecular formula is C7H7BrN2. The highest BCUT2D eigenvalue weighted by molar-refractivity contribution is 9.10. The van der Waals surface area contributed by atoms with Gasteiger partial charge in [0.25, 0.3) is 0 Å². The molecule has 0 aliphatic carbocycles. The van der Waals surface area contributed by atoms with Crippen LogP contribution < -0.4 is 0 Å². The van der Waals surface area contributed by atoms with E-state index in [2.05, 4.69) is 20.9 Å². The first-order valence-electron chi connectivity index (χ1n) is 2.87. The van der Waals surface area contributed by atoms with Crippen molar-refractivity contribution >= 4 is 22.1 Å². The van der Waals surface area contributed by atoms with Gasteiger partial charge in [-0.05, 0) is 34.5 Å². The maximum Gasteiger partial charge on any atom is 0.115 e. The molecule has 1 aromatic rings. The number of nitrogens with zero attached hydrogens (tertiary/aromatic N) is 1. The van der Waals surface area contributed by atoms with E-state index < -0.39 is 0 Å². The molecule has 0 aromatic carbocycles. The van der Waals surface area contributed by atoms with Crippen molar-refractivity contribution in [3.63, 3.8) is 0 Å². The van der Waals surface area contributed by atoms with E-state index in [1.165, 1.54) is 6.21 Å². The van der Waals surface area contributed by atoms with Crippen LogP contribution in [0, 0.1) is 12.3 Å². The second-order valence-corrected chi connectivity index (χ2v) is 2.73. The molecule has 0 saturated carbocycles. The highest BCUT2D eigenvalue weighted by Gasteiger charge is 1.98. The van der Waals surface area contributed by atoms with E-state index in [9.17, 15) is 0 Å². The summed E-state index contributed by atoms with van der Waals surface area (Å²) in [6, 6.07) is 1.88. The second-order valence-electron chi connectivity index (χ2n) is 1.98. The highest BCUT2D eigenvalue weighted by atomic mass is 79.9. The van der Waals surface area contributed by atoms with Gasteiger partial charge in [-0.25, -0.2) is 4.98 Å². The predicted molar refractivity (Wildman–Crippen MR) is 44.6 cm³/mol. The predicted octanol–water partition coefficient (Wildman–Crippen LogP) is 2.15. The largest absolute Gasteiger partial charge is 0.308 e. The number of hydrogen-bond acceptors (Lipinski definition) is 2. The molecule has 0 saturated heterocycles. The van der Waals surface area contributed by atoms with Gasteiger partial charge in [0.05, 0.1) is 0 Å². The van der Waals surface area contributed by atoms with Gasteiger partial charge in [0.2, 0.25) is 0 Å². The lowest BCUT2D eigenvalue weighted by Gasteiger charge is -1.98. The first kappa shape index (κ1) is 7.41. The summed E-state index contributed by atoms with van der Waals surface area (Å²) < 4.78 is 0.738. The number of halogens is 1. The Morgan fingerprint density at radius 3 is 2.80 bits per heavy atom. The zero-order valence-electron chi connectivity index (χ0n) is 5.56. The number of aromatic nitrogens is 1. The van der Waals surface area contributed by atoms with Crippen LogP contribution in [0.15, 0.2) is 16.9 Å². The minimum atomic E-state index is 0.738. The molecule has 0 unspecified atom stereocenters. The molecule has 0 fully saturated rings. The van der Waals surface area contributed by atoms with E-state index in [0.717, 1.165) is 15.7 Å². The number of aryl methyl sites for hydroxylation is 1. The molecule has 52 valence electrons. The third kappa shape index (κ3) is 1.24. The molecule has 0 aliphatic heterocycles. The monoisotopic (exact) mass is 198 g/mol. The molecule has 3 heteroatoms. The van der Waals surface area contributed by atoms with Gasteiger partial charge in [-0.15, -0.1) is 0 Å². The van der Waals surface area contributed by atoms with Gasteiger partial charge in [0.15, 0.2) is 0 Å². The fraction of sp³-hybridized carbons (Fsp3) is 0.143. The van der Waals surface area contributed by atoms with Crippen LogP contribution in [-0.2, 0) is 0 Å². The Balaban J connectivity index is 3.30. The number of nitrogens with one attached hydrogen (secondary N) is 1. The van der Waals surface area contributed by atoms with Gasteiger partial charge in [0.1, 0.15) is 4.60 Å². The van der Waals surface area contributed by atoms with Crippen molar-refractivity contribution < 1.29 is 0 Å². The van der Waals surface area contributed by atoms with E-state index in [4.69, 9.17) is 5.41 Å². The van der Waals surface area contributed by atoms with E-state index in [0.29, 0.717) is 0 Å². The van der Waals surface area contributed by atoms with Crippen LogP contribution in [-0.4, -0.2) is 11.2 Å². The Morgan fingerprint density at radius 2 is 2.40 bits per heavy atom. The summed E-state index contributed by atoms with van der Waals surface area (Å²) in [7, 11) is 0. The Kier molecular flexibility index (Phi) is 2.17. The third-order valence-corrected chi connectivity index (χ3v) is 1.94. The van der Waals surface area contributed by atoms with Gasteiger partial charge in [-0.2, -0.15) is 0 Å². The van der Waals surface area contributed by atoms with Crippen LogP contribution in [0.4, 0.5) is 0 Å². The van der Waals surface area contributed by atoms with E-state index in [-0.39, 0.29) is 0 Å². The number of pyridine rings is 1. The van der Waals surface area contributed by atoms with E-state index >= 15 is 0 Å². The van der Waals surface area contributed by atoms with Crippen LogP contribution in [0.5, 0.6) is 0 Å². The van der Waals surface area contributed by atoms with Crippen molar-refractivity contribution in [1.29, 1.82) is 5.41 Å². The van der Waals surface area contributed by atoms with E-state index in [1.54, 1.807) is 6.20 Å². The average Bonchev–Trinajstić information content (AvgIpc) is 1.88. The van der Waals surface area contributed by atoms with Crippen molar-refractivity contribution in [2.75, 3.05) is 0 Å². The maximum absolute atomic E-state index is 7.03. The highest BCUT2D eigenvalue weighted by Crippen LogP contribution is 2.13. The second kappa shape index (κ2) is 2.92. The van der Waals surface area contributed by atoms with Gasteiger partial charge < -0.3 is 5.41 Å². The molecule has 10 heavy (non-hydrogen) atoms. The van der Waals surface area contributed by atoms with Crippen molar-refractivity contribution in [3.8, 4) is 0 Å². The molecule has 1 rings (SSSR count). The molecule has 0 atom stereocenters. The summed E-state index contributed by atoms with van der Waals surface area (Å²) in [6.45, 7) is 1.95. The molecule has 0 aliphatic rings. The lowest BCUT2D eigenvalue weighted by Crippen LogP contribution is -1.89. The van der Waals surface area contributed by atoms with Gasteiger partial charge in [0, 0.05) is 18.0 Å². The third-order valence-electron chi connectivity index (χ3n) is 1.30. The van der Waals surface area contributed by atoms with Crippen LogP contribution >= 0.6 is 15.9 Å². The standard InChI is InChI=1S/C7H7BrN2/c1-5-2-3-10-7(8)6(5)4-9/h2-4,9H,1H3. The molecule has 1 aromatic heterocycles. The zero-order valence-corrected chi connectivity index (χ0v) is 7.14. The number of rotatable bonds is 1. The molecule has 0 bridgehead atoms. The Bertz CT molecular complexity index is 238. The average molecular weight is 199 g/mol. The Morgan fingerprint density at radius 1 is 1.70 bits per heavy atom. The Labute approximate surface area is 67.9 Å². The van der Waals surface area contributed by atoms with Crippen molar-refractivity contribution in [2.24, 2.45) is 0 Å². The smallest absolute Gasteiger partial charge is 0.115 e. The quantitative estimate of drug-likeness (QED) is 0.546. The summed E-state index contributed by atoms with van der Waals surface area (Å²) in [5.74, 6) is 0. The molecule has 0 amide bonds. The molecule has 1 N–H and O–H groups in total. The Hall–Kier alpha value is -0.700. The molecule has 0 spiro atoms. The molecular weight excluding hydrogens is 192 g/mol. The van der Waals surface area contributed by atoms with Crippen LogP contribution in [0.1, 0.15) is 11.1 Å².